The summed E-state index contributed by atoms with van der Waals surface area (Å²) < 4.78 is 4.45. The molecule has 0 spiro atoms. The number of carbonyl (C=O) groups is 7. The predicted molar refractivity (Wildman–Crippen MR) is 147 cm³/mol. The van der Waals surface area contributed by atoms with Gasteiger partial charge in [-0.25, -0.2) is 4.79 Å². The van der Waals surface area contributed by atoms with Crippen molar-refractivity contribution in [1.29, 1.82) is 0 Å². The predicted octanol–water partition coefficient (Wildman–Crippen LogP) is -0.641. The van der Waals surface area contributed by atoms with Crippen LogP contribution in [0.2, 0.25) is 0 Å². The van der Waals surface area contributed by atoms with Gasteiger partial charge in [-0.1, -0.05) is 34.1 Å². The van der Waals surface area contributed by atoms with Crippen LogP contribution in [0.4, 0.5) is 4.79 Å². The molecule has 2 unspecified atom stereocenters. The van der Waals surface area contributed by atoms with E-state index in [0.29, 0.717) is 12.8 Å². The second-order valence-electron chi connectivity index (χ2n) is 11.6. The second-order valence-corrected chi connectivity index (χ2v) is 11.6. The van der Waals surface area contributed by atoms with Gasteiger partial charge in [0.05, 0.1) is 20.2 Å². The molecule has 0 aromatic rings. The van der Waals surface area contributed by atoms with Crippen molar-refractivity contribution in [1.82, 2.24) is 31.5 Å². The van der Waals surface area contributed by atoms with Crippen molar-refractivity contribution < 1.29 is 38.3 Å². The summed E-state index contributed by atoms with van der Waals surface area (Å²) in [4.78, 5) is 89.0. The fraction of sp³-hybridized carbons (Fsp3) is 0.741. The molecule has 2 rings (SSSR count). The van der Waals surface area contributed by atoms with Gasteiger partial charge >= 0.3 is 6.09 Å². The Balaban J connectivity index is 2.08. The van der Waals surface area contributed by atoms with Crippen molar-refractivity contribution in [3.05, 3.63) is 0 Å². The number of methoxy groups -OCH3 is 1. The molecule has 14 nitrogen and oxygen atoms in total. The van der Waals surface area contributed by atoms with Gasteiger partial charge in [0, 0.05) is 12.6 Å². The maximum Gasteiger partial charge on any atom is 0.407 e. The van der Waals surface area contributed by atoms with Crippen molar-refractivity contribution in [2.45, 2.75) is 90.9 Å². The minimum atomic E-state index is -1.03. The molecule has 230 valence electrons. The van der Waals surface area contributed by atoms with Crippen molar-refractivity contribution in [3.63, 3.8) is 0 Å². The van der Waals surface area contributed by atoms with Gasteiger partial charge in [0.15, 0.2) is 0 Å². The molecule has 1 heterocycles. The van der Waals surface area contributed by atoms with Crippen molar-refractivity contribution >= 4 is 41.4 Å². The Hall–Kier alpha value is -3.71. The van der Waals surface area contributed by atoms with Gasteiger partial charge in [-0.3, -0.25) is 28.8 Å². The Morgan fingerprint density at radius 1 is 0.951 bits per heavy atom. The molecule has 0 radical (unpaired) electrons. The van der Waals surface area contributed by atoms with Gasteiger partial charge < -0.3 is 36.2 Å². The summed E-state index contributed by atoms with van der Waals surface area (Å²) in [6.07, 6.45) is 2.88. The van der Waals surface area contributed by atoms with Crippen LogP contribution in [0, 0.1) is 11.3 Å². The topological polar surface area (TPSA) is 192 Å². The Kier molecular flexibility index (Phi) is 12.1. The number of rotatable bonds is 13. The van der Waals surface area contributed by atoms with E-state index in [2.05, 4.69) is 31.3 Å². The average molecular weight is 581 g/mol. The number of alkyl carbamates (subject to hydrolysis) is 1. The summed E-state index contributed by atoms with van der Waals surface area (Å²) in [7, 11) is 1.16. The fourth-order valence-electron chi connectivity index (χ4n) is 4.63. The molecule has 5 N–H and O–H groups in total. The second kappa shape index (κ2) is 14.8. The number of ether oxygens (including phenoxy) is 1. The summed E-state index contributed by atoms with van der Waals surface area (Å²) >= 11 is 0. The maximum atomic E-state index is 13.8. The number of ketones is 1. The lowest BCUT2D eigenvalue weighted by Gasteiger charge is -2.36. The number of nitrogens with one attached hydrogen (secondary N) is 5. The van der Waals surface area contributed by atoms with Crippen LogP contribution in [0.3, 0.4) is 0 Å². The van der Waals surface area contributed by atoms with Gasteiger partial charge in [0.1, 0.15) is 18.1 Å². The van der Waals surface area contributed by atoms with E-state index in [1.165, 1.54) is 11.8 Å². The molecule has 1 aliphatic heterocycles. The Bertz CT molecular complexity index is 1020. The molecule has 1 saturated heterocycles. The first-order chi connectivity index (χ1) is 19.2. The van der Waals surface area contributed by atoms with E-state index < -0.39 is 78.0 Å². The van der Waals surface area contributed by atoms with Gasteiger partial charge in [-0.2, -0.15) is 0 Å². The number of Topliss-reactive ketones (excluding diaryl/α,β-unsaturated/α-hetero) is 1. The van der Waals surface area contributed by atoms with Gasteiger partial charge in [0.2, 0.25) is 29.4 Å². The number of nitrogens with zero attached hydrogens (tertiary/aromatic N) is 1. The van der Waals surface area contributed by atoms with Crippen LogP contribution >= 0.6 is 0 Å². The van der Waals surface area contributed by atoms with E-state index in [1.807, 2.05) is 6.92 Å². The lowest BCUT2D eigenvalue weighted by atomic mass is 9.85. The summed E-state index contributed by atoms with van der Waals surface area (Å²) in [5.41, 5.74) is -0.753. The van der Waals surface area contributed by atoms with Gasteiger partial charge in [0.25, 0.3) is 5.91 Å². The largest absolute Gasteiger partial charge is 0.453 e. The first kappa shape index (κ1) is 33.5. The molecule has 1 saturated carbocycles. The van der Waals surface area contributed by atoms with Crippen molar-refractivity contribution in [3.8, 4) is 0 Å². The standard InChI is InChI=1S/C27H44N6O8/c1-7-8-16-11-12-33(20(16)24(38)28-13-18(34)23(37)31-17-9-10-17)25(39)21(27(3,4)5)32-19(35)14-29-22(36)15(2)30-26(40)41-6/h15-17,20-21H,7-14H2,1-6H3,(H,28,38)(H,29,36)(H,30,40)(H,31,37)(H,32,35)/t15-,16+,20?,21?/m1/s1. The number of likely N-dealkylation sites (tertiary alicyclic amines) is 1. The summed E-state index contributed by atoms with van der Waals surface area (Å²) in [6.45, 7) is 8.06. The van der Waals surface area contributed by atoms with Crippen LogP contribution < -0.4 is 26.6 Å². The van der Waals surface area contributed by atoms with Gasteiger partial charge in [-0.15, -0.1) is 0 Å². The first-order valence-electron chi connectivity index (χ1n) is 14.0. The van der Waals surface area contributed by atoms with E-state index in [-0.39, 0.29) is 18.5 Å². The molecular formula is C27H44N6O8. The van der Waals surface area contributed by atoms with Crippen LogP contribution in [0.1, 0.15) is 66.7 Å². The molecule has 1 aliphatic carbocycles. The highest BCUT2D eigenvalue weighted by atomic mass is 16.5. The molecule has 4 atom stereocenters. The number of amides is 6. The lowest BCUT2D eigenvalue weighted by molar-refractivity contribution is -0.145. The van der Waals surface area contributed by atoms with Gasteiger partial charge in [-0.05, 0) is 43.9 Å². The van der Waals surface area contributed by atoms with E-state index in [0.717, 1.165) is 26.4 Å². The SMILES string of the molecule is CCC[C@H]1CCN(C(=O)C(NC(=O)CNC(=O)[C@@H](C)NC(=O)OC)C(C)(C)C)C1C(=O)NCC(=O)C(=O)NC1CC1. The summed E-state index contributed by atoms with van der Waals surface area (Å²) in [6, 6.07) is -2.84. The van der Waals surface area contributed by atoms with Crippen LogP contribution in [-0.4, -0.2) is 97.2 Å². The van der Waals surface area contributed by atoms with Crippen LogP contribution in [0.5, 0.6) is 0 Å². The smallest absolute Gasteiger partial charge is 0.407 e. The average Bonchev–Trinajstić information content (AvgIpc) is 3.63. The minimum Gasteiger partial charge on any atom is -0.453 e. The third kappa shape index (κ3) is 10.0. The fourth-order valence-corrected chi connectivity index (χ4v) is 4.63. The van der Waals surface area contributed by atoms with E-state index in [4.69, 9.17) is 0 Å². The quantitative estimate of drug-likeness (QED) is 0.178. The van der Waals surface area contributed by atoms with E-state index >= 15 is 0 Å². The van der Waals surface area contributed by atoms with Crippen LogP contribution in [0.15, 0.2) is 0 Å². The number of hydrogen-bond donors (Lipinski definition) is 5. The molecule has 2 aliphatic rings. The lowest BCUT2D eigenvalue weighted by Crippen LogP contribution is -2.59. The Labute approximate surface area is 240 Å². The molecule has 2 fully saturated rings. The zero-order valence-corrected chi connectivity index (χ0v) is 24.8. The highest BCUT2D eigenvalue weighted by Crippen LogP contribution is 2.31. The van der Waals surface area contributed by atoms with Crippen molar-refractivity contribution in [2.75, 3.05) is 26.7 Å². The third-order valence-electron chi connectivity index (χ3n) is 7.08. The zero-order chi connectivity index (χ0) is 30.9. The molecular weight excluding hydrogens is 536 g/mol. The monoisotopic (exact) mass is 580 g/mol. The van der Waals surface area contributed by atoms with E-state index in [9.17, 15) is 33.6 Å². The molecule has 41 heavy (non-hydrogen) atoms. The Morgan fingerprint density at radius 2 is 1.61 bits per heavy atom. The highest BCUT2D eigenvalue weighted by Gasteiger charge is 2.46. The van der Waals surface area contributed by atoms with E-state index in [1.54, 1.807) is 20.8 Å². The maximum absolute atomic E-state index is 13.8. The zero-order valence-electron chi connectivity index (χ0n) is 24.8. The van der Waals surface area contributed by atoms with Crippen molar-refractivity contribution in [2.24, 2.45) is 11.3 Å². The molecule has 0 bridgehead atoms. The van der Waals surface area contributed by atoms with Crippen LogP contribution in [0.25, 0.3) is 0 Å². The van der Waals surface area contributed by atoms with Crippen LogP contribution in [-0.2, 0) is 33.5 Å². The number of hydrogen-bond acceptors (Lipinski definition) is 8. The minimum absolute atomic E-state index is 0.0109. The molecule has 0 aromatic heterocycles. The molecule has 14 heteroatoms. The number of carbonyl (C=O) groups excluding carboxylic acids is 7. The Morgan fingerprint density at radius 3 is 2.17 bits per heavy atom. The summed E-state index contributed by atoms with van der Waals surface area (Å²) in [5, 5.41) is 12.5. The highest BCUT2D eigenvalue weighted by molar-refractivity contribution is 6.37. The summed E-state index contributed by atoms with van der Waals surface area (Å²) in [5.74, 6) is -3.90. The molecule has 0 aromatic carbocycles. The normalized spacial score (nSPS) is 19.8. The first-order valence-corrected chi connectivity index (χ1v) is 14.0. The third-order valence-corrected chi connectivity index (χ3v) is 7.08. The molecule has 6 amide bonds.